The number of ether oxygens (including phenoxy) is 1. The molecule has 0 spiro atoms. The molecule has 2 N–H and O–H groups in total. The topological polar surface area (TPSA) is 90.1 Å². The Balaban J connectivity index is 1.94. The number of rotatable bonds is 7. The molecular weight excluding hydrogens is 388 g/mol. The summed E-state index contributed by atoms with van der Waals surface area (Å²) in [6.07, 6.45) is 9.04. The van der Waals surface area contributed by atoms with Crippen LogP contribution >= 0.6 is 0 Å². The third-order valence-electron chi connectivity index (χ3n) is 4.87. The minimum Gasteiger partial charge on any atom is -0.478 e. The Kier molecular flexibility index (Phi) is 6.03. The lowest BCUT2D eigenvalue weighted by molar-refractivity contribution is 0.326. The van der Waals surface area contributed by atoms with Gasteiger partial charge >= 0.3 is 0 Å². The average Bonchev–Trinajstić information content (AvgIpc) is 2.79. The number of nitrogens with two attached hydrogens (primary N) is 1. The van der Waals surface area contributed by atoms with Gasteiger partial charge in [0, 0.05) is 30.9 Å². The Morgan fingerprint density at radius 3 is 2.23 bits per heavy atom. The summed E-state index contributed by atoms with van der Waals surface area (Å²) in [5.41, 5.74) is 9.93. The van der Waals surface area contributed by atoms with Crippen LogP contribution in [0.1, 0.15) is 29.7 Å². The SMILES string of the molecule is CCOc1cc(C)c(N(c2cccc(N)n2)C(c2cccnc2)c2cccnc2)cn1. The summed E-state index contributed by atoms with van der Waals surface area (Å²) >= 11 is 0. The van der Waals surface area contributed by atoms with E-state index >= 15 is 0 Å². The molecule has 7 nitrogen and oxygen atoms in total. The second-order valence-corrected chi connectivity index (χ2v) is 7.01. The summed E-state index contributed by atoms with van der Waals surface area (Å²) in [7, 11) is 0. The maximum atomic E-state index is 6.06. The zero-order valence-electron chi connectivity index (χ0n) is 17.5. The van der Waals surface area contributed by atoms with E-state index in [0.29, 0.717) is 24.1 Å². The summed E-state index contributed by atoms with van der Waals surface area (Å²) in [5, 5.41) is 0. The van der Waals surface area contributed by atoms with Crippen molar-refractivity contribution in [1.82, 2.24) is 19.9 Å². The maximum absolute atomic E-state index is 6.06. The molecular formula is C24H24N6O. The van der Waals surface area contributed by atoms with Crippen molar-refractivity contribution in [3.05, 3.63) is 96.2 Å². The van der Waals surface area contributed by atoms with Crippen LogP contribution in [0, 0.1) is 6.92 Å². The van der Waals surface area contributed by atoms with Gasteiger partial charge in [0.05, 0.1) is 24.5 Å². The molecule has 0 aliphatic heterocycles. The highest BCUT2D eigenvalue weighted by atomic mass is 16.5. The minimum absolute atomic E-state index is 0.241. The smallest absolute Gasteiger partial charge is 0.213 e. The van der Waals surface area contributed by atoms with E-state index in [2.05, 4.69) is 24.8 Å². The molecule has 0 fully saturated rings. The molecule has 4 aromatic rings. The first-order chi connectivity index (χ1) is 15.2. The lowest BCUT2D eigenvalue weighted by Gasteiger charge is -2.34. The van der Waals surface area contributed by atoms with E-state index in [1.165, 1.54) is 0 Å². The molecule has 0 radical (unpaired) electrons. The van der Waals surface area contributed by atoms with Crippen molar-refractivity contribution in [2.24, 2.45) is 0 Å². The van der Waals surface area contributed by atoms with Crippen LogP contribution in [0.15, 0.2) is 79.5 Å². The van der Waals surface area contributed by atoms with Crippen molar-refractivity contribution in [3.8, 4) is 5.88 Å². The Morgan fingerprint density at radius 1 is 0.968 bits per heavy atom. The quantitative estimate of drug-likeness (QED) is 0.478. The van der Waals surface area contributed by atoms with E-state index in [1.807, 2.05) is 74.9 Å². The molecule has 0 aliphatic rings. The zero-order valence-corrected chi connectivity index (χ0v) is 17.5. The number of nitrogens with zero attached hydrogens (tertiary/aromatic N) is 5. The first kappa shape index (κ1) is 20.3. The van der Waals surface area contributed by atoms with Gasteiger partial charge in [0.2, 0.25) is 5.88 Å². The highest BCUT2D eigenvalue weighted by Gasteiger charge is 2.27. The van der Waals surface area contributed by atoms with E-state index in [0.717, 1.165) is 22.4 Å². The number of aromatic nitrogens is 4. The number of hydrogen-bond donors (Lipinski definition) is 1. The normalized spacial score (nSPS) is 10.8. The van der Waals surface area contributed by atoms with Crippen molar-refractivity contribution in [1.29, 1.82) is 0 Å². The van der Waals surface area contributed by atoms with E-state index < -0.39 is 0 Å². The van der Waals surface area contributed by atoms with Gasteiger partial charge in [-0.25, -0.2) is 9.97 Å². The van der Waals surface area contributed by atoms with Crippen LogP contribution < -0.4 is 15.4 Å². The van der Waals surface area contributed by atoms with Crippen LogP contribution in [0.3, 0.4) is 0 Å². The summed E-state index contributed by atoms with van der Waals surface area (Å²) in [5.74, 6) is 1.73. The fourth-order valence-corrected chi connectivity index (χ4v) is 3.54. The Bertz CT molecular complexity index is 1100. The summed E-state index contributed by atoms with van der Waals surface area (Å²) < 4.78 is 5.59. The van der Waals surface area contributed by atoms with Gasteiger partial charge in [0.15, 0.2) is 0 Å². The molecule has 156 valence electrons. The molecule has 0 bridgehead atoms. The standard InChI is InChI=1S/C24H24N6O/c1-3-31-23-13-17(2)20(16-28-23)30(22-10-4-9-21(25)29-22)24(18-7-5-11-26-14-18)19-8-6-12-27-15-19/h4-16,24H,3H2,1-2H3,(H2,25,29). The third kappa shape index (κ3) is 4.45. The summed E-state index contributed by atoms with van der Waals surface area (Å²) in [6, 6.07) is 15.2. The second-order valence-electron chi connectivity index (χ2n) is 7.01. The van der Waals surface area contributed by atoms with Crippen LogP contribution in [-0.4, -0.2) is 26.5 Å². The Morgan fingerprint density at radius 2 is 1.68 bits per heavy atom. The highest BCUT2D eigenvalue weighted by Crippen LogP contribution is 2.39. The number of nitrogen functional groups attached to an aromatic ring is 1. The van der Waals surface area contributed by atoms with Gasteiger partial charge in [-0.05, 0) is 54.8 Å². The predicted octanol–water partition coefficient (Wildman–Crippen LogP) is 4.48. The van der Waals surface area contributed by atoms with Crippen molar-refractivity contribution in [2.45, 2.75) is 19.9 Å². The molecule has 0 saturated carbocycles. The van der Waals surface area contributed by atoms with Gasteiger partial charge in [-0.3, -0.25) is 9.97 Å². The lowest BCUT2D eigenvalue weighted by Crippen LogP contribution is -2.27. The molecule has 0 saturated heterocycles. The molecule has 0 aliphatic carbocycles. The number of hydrogen-bond acceptors (Lipinski definition) is 7. The Labute approximate surface area is 181 Å². The van der Waals surface area contributed by atoms with E-state index in [9.17, 15) is 0 Å². The van der Waals surface area contributed by atoms with Gasteiger partial charge in [-0.1, -0.05) is 18.2 Å². The van der Waals surface area contributed by atoms with Crippen molar-refractivity contribution >= 4 is 17.3 Å². The van der Waals surface area contributed by atoms with Gasteiger partial charge in [-0.2, -0.15) is 0 Å². The monoisotopic (exact) mass is 412 g/mol. The van der Waals surface area contributed by atoms with Gasteiger partial charge in [0.1, 0.15) is 11.6 Å². The van der Waals surface area contributed by atoms with E-state index in [4.69, 9.17) is 10.5 Å². The number of anilines is 3. The summed E-state index contributed by atoms with van der Waals surface area (Å²) in [6.45, 7) is 4.53. The molecule has 7 heteroatoms. The second kappa shape index (κ2) is 9.21. The summed E-state index contributed by atoms with van der Waals surface area (Å²) in [4.78, 5) is 20.0. The highest BCUT2D eigenvalue weighted by molar-refractivity contribution is 5.67. The van der Waals surface area contributed by atoms with Crippen LogP contribution in [0.5, 0.6) is 5.88 Å². The molecule has 0 unspecified atom stereocenters. The van der Waals surface area contributed by atoms with Crippen LogP contribution in [0.4, 0.5) is 17.3 Å². The van der Waals surface area contributed by atoms with E-state index in [1.54, 1.807) is 18.5 Å². The largest absolute Gasteiger partial charge is 0.478 e. The number of pyridine rings is 4. The molecule has 4 rings (SSSR count). The maximum Gasteiger partial charge on any atom is 0.213 e. The van der Waals surface area contributed by atoms with Crippen molar-refractivity contribution < 1.29 is 4.74 Å². The molecule has 4 aromatic heterocycles. The Hall–Kier alpha value is -4.00. The molecule has 4 heterocycles. The first-order valence-electron chi connectivity index (χ1n) is 10.1. The van der Waals surface area contributed by atoms with Crippen molar-refractivity contribution in [2.75, 3.05) is 17.2 Å². The minimum atomic E-state index is -0.241. The van der Waals surface area contributed by atoms with Gasteiger partial charge < -0.3 is 15.4 Å². The lowest BCUT2D eigenvalue weighted by atomic mass is 9.98. The number of aryl methyl sites for hydroxylation is 1. The van der Waals surface area contributed by atoms with Gasteiger partial charge in [0.25, 0.3) is 0 Å². The fraction of sp³-hybridized carbons (Fsp3) is 0.167. The predicted molar refractivity (Wildman–Crippen MR) is 121 cm³/mol. The molecule has 0 amide bonds. The van der Waals surface area contributed by atoms with E-state index in [-0.39, 0.29) is 6.04 Å². The molecule has 0 aromatic carbocycles. The first-order valence-corrected chi connectivity index (χ1v) is 10.1. The van der Waals surface area contributed by atoms with Crippen molar-refractivity contribution in [3.63, 3.8) is 0 Å². The third-order valence-corrected chi connectivity index (χ3v) is 4.87. The van der Waals surface area contributed by atoms with Crippen LogP contribution in [0.2, 0.25) is 0 Å². The van der Waals surface area contributed by atoms with Crippen LogP contribution in [0.25, 0.3) is 0 Å². The molecule has 0 atom stereocenters. The van der Waals surface area contributed by atoms with Crippen LogP contribution in [-0.2, 0) is 0 Å². The fourth-order valence-electron chi connectivity index (χ4n) is 3.54. The zero-order chi connectivity index (χ0) is 21.6. The van der Waals surface area contributed by atoms with Gasteiger partial charge in [-0.15, -0.1) is 0 Å². The average molecular weight is 412 g/mol. The molecule has 31 heavy (non-hydrogen) atoms.